The lowest BCUT2D eigenvalue weighted by Crippen LogP contribution is -1.97. The van der Waals surface area contributed by atoms with Crippen LogP contribution in [0.5, 0.6) is 0 Å². The normalized spacial score (nSPS) is 13.1. The zero-order valence-electron chi connectivity index (χ0n) is 25.6. The van der Waals surface area contributed by atoms with E-state index in [1.165, 1.54) is 38.2 Å². The number of nitrogens with zero attached hydrogens (tertiary/aromatic N) is 2. The summed E-state index contributed by atoms with van der Waals surface area (Å²) in [6.07, 6.45) is 6.13. The molecule has 0 unspecified atom stereocenters. The first-order chi connectivity index (χ1) is 23.3. The second-order valence-corrected chi connectivity index (χ2v) is 12.5. The van der Waals surface area contributed by atoms with E-state index in [1.54, 1.807) is 0 Å². The highest BCUT2D eigenvalue weighted by Crippen LogP contribution is 2.40. The van der Waals surface area contributed by atoms with Gasteiger partial charge in [0.15, 0.2) is 0 Å². The summed E-state index contributed by atoms with van der Waals surface area (Å²) in [5.41, 5.74) is 10.9. The van der Waals surface area contributed by atoms with Gasteiger partial charge in [-0.25, -0.2) is 4.98 Å². The lowest BCUT2D eigenvalue weighted by atomic mass is 9.88. The average molecular weight is 601 g/mol. The minimum absolute atomic E-state index is 0.865. The van der Waals surface area contributed by atoms with Gasteiger partial charge in [0.05, 0.1) is 22.9 Å². The molecule has 3 heteroatoms. The molecule has 1 aliphatic carbocycles. The summed E-state index contributed by atoms with van der Waals surface area (Å²) in [7, 11) is 0. The first-order valence-corrected chi connectivity index (χ1v) is 16.2. The number of hydrogen-bond acceptors (Lipinski definition) is 3. The molecule has 10 rings (SSSR count). The highest BCUT2D eigenvalue weighted by Gasteiger charge is 2.21. The van der Waals surface area contributed by atoms with E-state index in [1.807, 2.05) is 6.20 Å². The van der Waals surface area contributed by atoms with Crippen LogP contribution in [0.1, 0.15) is 23.3 Å². The molecule has 220 valence electrons. The molecule has 2 heterocycles. The van der Waals surface area contributed by atoms with E-state index < -0.39 is 0 Å². The average Bonchev–Trinajstić information content (AvgIpc) is 3.52. The number of aromatic nitrogens is 2. The van der Waals surface area contributed by atoms with Crippen LogP contribution in [-0.4, -0.2) is 9.97 Å². The molecule has 47 heavy (non-hydrogen) atoms. The molecule has 0 bridgehead atoms. The van der Waals surface area contributed by atoms with Crippen LogP contribution in [0.2, 0.25) is 0 Å². The molecule has 0 radical (unpaired) electrons. The van der Waals surface area contributed by atoms with Gasteiger partial charge in [-0.15, -0.1) is 0 Å². The van der Waals surface area contributed by atoms with Gasteiger partial charge in [-0.05, 0) is 74.5 Å². The van der Waals surface area contributed by atoms with Gasteiger partial charge < -0.3 is 4.42 Å². The monoisotopic (exact) mass is 600 g/mol. The van der Waals surface area contributed by atoms with E-state index >= 15 is 0 Å². The molecule has 1 aliphatic rings. The van der Waals surface area contributed by atoms with Crippen molar-refractivity contribution in [3.63, 3.8) is 0 Å². The Morgan fingerprint density at radius 3 is 2.04 bits per heavy atom. The molecule has 2 aromatic heterocycles. The highest BCUT2D eigenvalue weighted by molar-refractivity contribution is 6.23. The number of allylic oxidation sites excluding steroid dienone is 1. The van der Waals surface area contributed by atoms with Crippen LogP contribution in [0.25, 0.3) is 88.4 Å². The molecular formula is C44H28N2O. The number of aryl methyl sites for hydroxylation is 1. The molecule has 0 atom stereocenters. The molecule has 0 fully saturated rings. The quantitative estimate of drug-likeness (QED) is 0.189. The summed E-state index contributed by atoms with van der Waals surface area (Å²) in [6, 6.07) is 47.4. The Bertz CT molecular complexity index is 2710. The summed E-state index contributed by atoms with van der Waals surface area (Å²) in [4.78, 5) is 10.2. The van der Waals surface area contributed by atoms with Gasteiger partial charge in [0.25, 0.3) is 0 Å². The maximum atomic E-state index is 6.39. The van der Waals surface area contributed by atoms with Crippen molar-refractivity contribution in [1.29, 1.82) is 0 Å². The molecule has 0 amide bonds. The number of benzene rings is 7. The van der Waals surface area contributed by atoms with Gasteiger partial charge in [-0.3, -0.25) is 4.98 Å². The SMILES string of the molecule is C1=C(c2cccc3ccccc23)CCc2oc3ccc(-c4cccc(-c5cnc6c7ccccc7c7ccccc7c6n5)c4)cc3c21. The lowest BCUT2D eigenvalue weighted by molar-refractivity contribution is 0.548. The maximum Gasteiger partial charge on any atom is 0.134 e. The van der Waals surface area contributed by atoms with Crippen LogP contribution in [0.15, 0.2) is 144 Å². The second kappa shape index (κ2) is 10.2. The largest absolute Gasteiger partial charge is 0.460 e. The van der Waals surface area contributed by atoms with Gasteiger partial charge in [0.2, 0.25) is 0 Å². The van der Waals surface area contributed by atoms with Crippen molar-refractivity contribution in [3.8, 4) is 22.4 Å². The van der Waals surface area contributed by atoms with Gasteiger partial charge in [-0.1, -0.05) is 115 Å². The van der Waals surface area contributed by atoms with Crippen molar-refractivity contribution in [1.82, 2.24) is 9.97 Å². The Morgan fingerprint density at radius 1 is 0.511 bits per heavy atom. The van der Waals surface area contributed by atoms with E-state index in [4.69, 9.17) is 14.4 Å². The Kier molecular flexibility index (Phi) is 5.70. The van der Waals surface area contributed by atoms with Crippen LogP contribution < -0.4 is 0 Å². The maximum absolute atomic E-state index is 6.39. The Labute approximate surface area is 271 Å². The van der Waals surface area contributed by atoms with Gasteiger partial charge >= 0.3 is 0 Å². The third-order valence-corrected chi connectivity index (χ3v) is 9.80. The first kappa shape index (κ1) is 26.2. The molecule has 0 spiro atoms. The minimum atomic E-state index is 0.865. The molecule has 0 N–H and O–H groups in total. The van der Waals surface area contributed by atoms with Crippen LogP contribution in [0.3, 0.4) is 0 Å². The second-order valence-electron chi connectivity index (χ2n) is 12.5. The summed E-state index contributed by atoms with van der Waals surface area (Å²) in [5.74, 6) is 1.07. The zero-order chi connectivity index (χ0) is 30.9. The molecule has 3 nitrogen and oxygen atoms in total. The summed E-state index contributed by atoms with van der Waals surface area (Å²) in [5, 5.41) is 8.38. The molecule has 0 saturated heterocycles. The van der Waals surface area contributed by atoms with Gasteiger partial charge in [0.1, 0.15) is 11.3 Å². The smallest absolute Gasteiger partial charge is 0.134 e. The van der Waals surface area contributed by atoms with Crippen molar-refractivity contribution in [2.45, 2.75) is 12.8 Å². The predicted molar refractivity (Wildman–Crippen MR) is 195 cm³/mol. The fourth-order valence-electron chi connectivity index (χ4n) is 7.52. The third kappa shape index (κ3) is 4.13. The zero-order valence-corrected chi connectivity index (χ0v) is 25.6. The Hall–Kier alpha value is -6.06. The van der Waals surface area contributed by atoms with Crippen molar-refractivity contribution in [2.75, 3.05) is 0 Å². The lowest BCUT2D eigenvalue weighted by Gasteiger charge is -2.15. The standard InChI is InChI=1S/C44H28N2O/c1-2-13-32-27(9-1)10-8-18-33(32)30-20-22-42-39(25-30)38-24-29(19-21-41(38)47-42)28-11-7-12-31(23-28)40-26-45-43-36-16-5-3-14-34(36)35-15-4-6-17-37(35)44(43)46-40/h1-19,21,23-26H,20,22H2. The predicted octanol–water partition coefficient (Wildman–Crippen LogP) is 11.7. The van der Waals surface area contributed by atoms with Crippen molar-refractivity contribution in [3.05, 3.63) is 157 Å². The van der Waals surface area contributed by atoms with Crippen LogP contribution in [-0.2, 0) is 6.42 Å². The summed E-state index contributed by atoms with van der Waals surface area (Å²) < 4.78 is 6.39. The molecular weight excluding hydrogens is 572 g/mol. The molecule has 0 aliphatic heterocycles. The Balaban J connectivity index is 1.08. The van der Waals surface area contributed by atoms with Crippen LogP contribution in [0.4, 0.5) is 0 Å². The number of rotatable bonds is 3. The minimum Gasteiger partial charge on any atom is -0.460 e. The third-order valence-electron chi connectivity index (χ3n) is 9.80. The summed E-state index contributed by atoms with van der Waals surface area (Å²) in [6.45, 7) is 0. The van der Waals surface area contributed by atoms with E-state index in [0.717, 1.165) is 73.8 Å². The van der Waals surface area contributed by atoms with Crippen molar-refractivity contribution >= 4 is 66.0 Å². The topological polar surface area (TPSA) is 38.9 Å². The number of hydrogen-bond donors (Lipinski definition) is 0. The van der Waals surface area contributed by atoms with Crippen molar-refractivity contribution < 1.29 is 4.42 Å². The number of furan rings is 1. The molecule has 9 aromatic rings. The van der Waals surface area contributed by atoms with Crippen LogP contribution in [0, 0.1) is 0 Å². The first-order valence-electron chi connectivity index (χ1n) is 16.2. The van der Waals surface area contributed by atoms with Crippen LogP contribution >= 0.6 is 0 Å². The van der Waals surface area contributed by atoms with Crippen molar-refractivity contribution in [2.24, 2.45) is 0 Å². The van der Waals surface area contributed by atoms with Gasteiger partial charge in [0, 0.05) is 33.7 Å². The molecule has 7 aromatic carbocycles. The summed E-state index contributed by atoms with van der Waals surface area (Å²) >= 11 is 0. The number of fused-ring (bicyclic) bond motifs is 10. The van der Waals surface area contributed by atoms with E-state index in [-0.39, 0.29) is 0 Å². The van der Waals surface area contributed by atoms with E-state index in [0.29, 0.717) is 0 Å². The van der Waals surface area contributed by atoms with E-state index in [2.05, 4.69) is 140 Å². The fourth-order valence-corrected chi connectivity index (χ4v) is 7.52. The fraction of sp³-hybridized carbons (Fsp3) is 0.0455. The molecule has 0 saturated carbocycles. The highest BCUT2D eigenvalue weighted by atomic mass is 16.3. The van der Waals surface area contributed by atoms with Gasteiger partial charge in [-0.2, -0.15) is 0 Å². The Morgan fingerprint density at radius 2 is 1.19 bits per heavy atom. The van der Waals surface area contributed by atoms with E-state index in [9.17, 15) is 0 Å².